The number of carboxylic acid groups (broad SMARTS) is 1. The minimum atomic E-state index is -1.04. The first-order chi connectivity index (χ1) is 9.49. The van der Waals surface area contributed by atoms with Crippen molar-refractivity contribution in [2.45, 2.75) is 51.5 Å². The Morgan fingerprint density at radius 1 is 1.50 bits per heavy atom. The van der Waals surface area contributed by atoms with E-state index in [0.29, 0.717) is 37.5 Å². The second-order valence-corrected chi connectivity index (χ2v) is 5.07. The van der Waals surface area contributed by atoms with Crippen molar-refractivity contribution in [2.24, 2.45) is 0 Å². The maximum atomic E-state index is 12.3. The number of aryl methyl sites for hydroxylation is 2. The molecule has 1 atom stereocenters. The number of aromatic nitrogens is 2. The van der Waals surface area contributed by atoms with Gasteiger partial charge in [0, 0.05) is 19.4 Å². The SMILES string of the molecule is CCC1(C(=O)O)CCCN1C(=O)CCc1nc(C)no1. The third kappa shape index (κ3) is 2.52. The number of amides is 1. The lowest BCUT2D eigenvalue weighted by atomic mass is 9.92. The van der Waals surface area contributed by atoms with E-state index in [1.54, 1.807) is 13.8 Å². The predicted octanol–water partition coefficient (Wildman–Crippen LogP) is 1.17. The van der Waals surface area contributed by atoms with Crippen LogP contribution in [0.2, 0.25) is 0 Å². The Morgan fingerprint density at radius 2 is 2.25 bits per heavy atom. The van der Waals surface area contributed by atoms with Gasteiger partial charge in [-0.05, 0) is 26.2 Å². The van der Waals surface area contributed by atoms with Gasteiger partial charge in [0.2, 0.25) is 11.8 Å². The van der Waals surface area contributed by atoms with Gasteiger partial charge in [-0.25, -0.2) is 4.79 Å². The van der Waals surface area contributed by atoms with Crippen LogP contribution in [-0.2, 0) is 16.0 Å². The van der Waals surface area contributed by atoms with E-state index in [1.807, 2.05) is 0 Å². The number of hydrogen-bond acceptors (Lipinski definition) is 5. The molecule has 2 rings (SSSR count). The topological polar surface area (TPSA) is 96.5 Å². The molecule has 1 aromatic rings. The Bertz CT molecular complexity index is 513. The Labute approximate surface area is 117 Å². The third-order valence-electron chi connectivity index (χ3n) is 3.90. The zero-order valence-corrected chi connectivity index (χ0v) is 11.8. The van der Waals surface area contributed by atoms with Crippen LogP contribution in [0.25, 0.3) is 0 Å². The van der Waals surface area contributed by atoms with E-state index in [-0.39, 0.29) is 12.3 Å². The lowest BCUT2D eigenvalue weighted by Gasteiger charge is -2.33. The van der Waals surface area contributed by atoms with E-state index in [4.69, 9.17) is 4.52 Å². The summed E-state index contributed by atoms with van der Waals surface area (Å²) in [6.07, 6.45) is 2.20. The summed E-state index contributed by atoms with van der Waals surface area (Å²) in [4.78, 5) is 29.3. The molecule has 0 bridgehead atoms. The molecule has 1 aliphatic rings. The van der Waals surface area contributed by atoms with Gasteiger partial charge < -0.3 is 14.5 Å². The molecular formula is C13H19N3O4. The van der Waals surface area contributed by atoms with Crippen molar-refractivity contribution in [3.05, 3.63) is 11.7 Å². The normalized spacial score (nSPS) is 22.2. The molecular weight excluding hydrogens is 262 g/mol. The number of nitrogens with zero attached hydrogens (tertiary/aromatic N) is 3. The summed E-state index contributed by atoms with van der Waals surface area (Å²) in [6, 6.07) is 0. The quantitative estimate of drug-likeness (QED) is 0.870. The van der Waals surface area contributed by atoms with E-state index in [2.05, 4.69) is 10.1 Å². The van der Waals surface area contributed by atoms with Gasteiger partial charge >= 0.3 is 5.97 Å². The van der Waals surface area contributed by atoms with E-state index < -0.39 is 11.5 Å². The molecule has 1 saturated heterocycles. The Morgan fingerprint density at radius 3 is 2.80 bits per heavy atom. The molecule has 0 saturated carbocycles. The van der Waals surface area contributed by atoms with Gasteiger partial charge in [0.05, 0.1) is 0 Å². The molecule has 20 heavy (non-hydrogen) atoms. The van der Waals surface area contributed by atoms with Gasteiger partial charge in [0.25, 0.3) is 0 Å². The second kappa shape index (κ2) is 5.60. The van der Waals surface area contributed by atoms with Gasteiger partial charge in [-0.2, -0.15) is 4.98 Å². The average molecular weight is 281 g/mol. The highest BCUT2D eigenvalue weighted by atomic mass is 16.5. The highest BCUT2D eigenvalue weighted by molar-refractivity contribution is 5.87. The molecule has 1 amide bonds. The fraction of sp³-hybridized carbons (Fsp3) is 0.692. The van der Waals surface area contributed by atoms with E-state index in [0.717, 1.165) is 6.42 Å². The van der Waals surface area contributed by atoms with Gasteiger partial charge in [-0.3, -0.25) is 4.79 Å². The predicted molar refractivity (Wildman–Crippen MR) is 69.0 cm³/mol. The van der Waals surface area contributed by atoms with Crippen molar-refractivity contribution in [1.29, 1.82) is 0 Å². The van der Waals surface area contributed by atoms with Crippen molar-refractivity contribution < 1.29 is 19.2 Å². The van der Waals surface area contributed by atoms with Crippen molar-refractivity contribution >= 4 is 11.9 Å². The Balaban J connectivity index is 2.02. The van der Waals surface area contributed by atoms with Crippen molar-refractivity contribution in [1.82, 2.24) is 15.0 Å². The minimum Gasteiger partial charge on any atom is -0.479 e. The van der Waals surface area contributed by atoms with Crippen LogP contribution in [0.15, 0.2) is 4.52 Å². The molecule has 1 fully saturated rings. The molecule has 1 unspecified atom stereocenters. The summed E-state index contributed by atoms with van der Waals surface area (Å²) >= 11 is 0. The van der Waals surface area contributed by atoms with Gasteiger partial charge in [0.1, 0.15) is 5.54 Å². The van der Waals surface area contributed by atoms with Crippen LogP contribution in [0.1, 0.15) is 44.3 Å². The molecule has 2 heterocycles. The molecule has 1 aliphatic heterocycles. The zero-order valence-electron chi connectivity index (χ0n) is 11.8. The molecule has 0 aromatic carbocycles. The average Bonchev–Trinajstić information content (AvgIpc) is 3.02. The smallest absolute Gasteiger partial charge is 0.329 e. The fourth-order valence-electron chi connectivity index (χ4n) is 2.77. The standard InChI is InChI=1S/C13H19N3O4/c1-3-13(12(18)19)7-4-8-16(13)11(17)6-5-10-14-9(2)15-20-10/h3-8H2,1-2H3,(H,18,19). The van der Waals surface area contributed by atoms with Crippen LogP contribution in [-0.4, -0.2) is 44.1 Å². The van der Waals surface area contributed by atoms with E-state index in [1.165, 1.54) is 4.90 Å². The van der Waals surface area contributed by atoms with E-state index >= 15 is 0 Å². The van der Waals surface area contributed by atoms with E-state index in [9.17, 15) is 14.7 Å². The summed E-state index contributed by atoms with van der Waals surface area (Å²) in [7, 11) is 0. The zero-order chi connectivity index (χ0) is 14.8. The van der Waals surface area contributed by atoms with Crippen molar-refractivity contribution in [3.8, 4) is 0 Å². The highest BCUT2D eigenvalue weighted by Crippen LogP contribution is 2.33. The number of likely N-dealkylation sites (tertiary alicyclic amines) is 1. The first kappa shape index (κ1) is 14.5. The van der Waals surface area contributed by atoms with Crippen molar-refractivity contribution in [2.75, 3.05) is 6.54 Å². The van der Waals surface area contributed by atoms with Gasteiger partial charge in [-0.15, -0.1) is 0 Å². The maximum Gasteiger partial charge on any atom is 0.329 e. The molecule has 110 valence electrons. The van der Waals surface area contributed by atoms with Crippen LogP contribution in [0.5, 0.6) is 0 Å². The Hall–Kier alpha value is -1.92. The molecule has 1 N–H and O–H groups in total. The summed E-state index contributed by atoms with van der Waals surface area (Å²) in [5.74, 6) is -0.142. The maximum absolute atomic E-state index is 12.3. The number of hydrogen-bond donors (Lipinski definition) is 1. The van der Waals surface area contributed by atoms with Crippen LogP contribution in [0.4, 0.5) is 0 Å². The highest BCUT2D eigenvalue weighted by Gasteiger charge is 2.48. The summed E-state index contributed by atoms with van der Waals surface area (Å²) in [6.45, 7) is 4.02. The van der Waals surface area contributed by atoms with Gasteiger partial charge in [-0.1, -0.05) is 12.1 Å². The summed E-state index contributed by atoms with van der Waals surface area (Å²) in [5.41, 5.74) is -1.04. The number of aliphatic carboxylic acids is 1. The minimum absolute atomic E-state index is 0.164. The Kier molecular flexibility index (Phi) is 4.06. The number of carboxylic acids is 1. The van der Waals surface area contributed by atoms with Crippen molar-refractivity contribution in [3.63, 3.8) is 0 Å². The monoisotopic (exact) mass is 281 g/mol. The molecule has 1 aromatic heterocycles. The molecule has 0 radical (unpaired) electrons. The van der Waals surface area contributed by atoms with Crippen LogP contribution < -0.4 is 0 Å². The summed E-state index contributed by atoms with van der Waals surface area (Å²) in [5, 5.41) is 13.1. The van der Waals surface area contributed by atoms with Crippen LogP contribution in [0, 0.1) is 6.92 Å². The number of carbonyl (C=O) groups is 2. The first-order valence-corrected chi connectivity index (χ1v) is 6.82. The van der Waals surface area contributed by atoms with Gasteiger partial charge in [0.15, 0.2) is 5.82 Å². The fourth-order valence-corrected chi connectivity index (χ4v) is 2.77. The molecule has 0 spiro atoms. The lowest BCUT2D eigenvalue weighted by Crippen LogP contribution is -2.52. The lowest BCUT2D eigenvalue weighted by molar-refractivity contribution is -0.156. The van der Waals surface area contributed by atoms with Crippen LogP contribution in [0.3, 0.4) is 0 Å². The van der Waals surface area contributed by atoms with Crippen LogP contribution >= 0.6 is 0 Å². The second-order valence-electron chi connectivity index (χ2n) is 5.07. The molecule has 7 nitrogen and oxygen atoms in total. The third-order valence-corrected chi connectivity index (χ3v) is 3.90. The first-order valence-electron chi connectivity index (χ1n) is 6.82. The summed E-state index contributed by atoms with van der Waals surface area (Å²) < 4.78 is 4.95. The number of rotatable bonds is 5. The largest absolute Gasteiger partial charge is 0.479 e. The molecule has 0 aliphatic carbocycles. The molecule has 7 heteroatoms. The number of carbonyl (C=O) groups excluding carboxylic acids is 1.